The van der Waals surface area contributed by atoms with Crippen LogP contribution in [0.15, 0.2) is 66.3 Å². The van der Waals surface area contributed by atoms with Crippen LogP contribution < -0.4 is 4.74 Å². The maximum atomic E-state index is 11.9. The molecule has 2 N–H and O–H groups in total. The van der Waals surface area contributed by atoms with E-state index in [-0.39, 0.29) is 5.56 Å². The van der Waals surface area contributed by atoms with Crippen molar-refractivity contribution < 1.29 is 19.7 Å². The van der Waals surface area contributed by atoms with E-state index in [1.165, 1.54) is 11.1 Å². The maximum Gasteiger partial charge on any atom is 0.335 e. The highest BCUT2D eigenvalue weighted by molar-refractivity contribution is 7.99. The number of likely N-dealkylation sites (N-methyl/N-ethyl adjacent to an activating group) is 1. The van der Waals surface area contributed by atoms with E-state index in [4.69, 9.17) is 4.74 Å². The molecule has 7 heteroatoms. The molecular formula is C31H36N2O4S. The summed E-state index contributed by atoms with van der Waals surface area (Å²) in [7, 11) is 3.70. The number of aliphatic hydroxyl groups is 1. The van der Waals surface area contributed by atoms with Gasteiger partial charge in [-0.3, -0.25) is 4.90 Å². The summed E-state index contributed by atoms with van der Waals surface area (Å²) < 4.78 is 8.21. The van der Waals surface area contributed by atoms with Gasteiger partial charge >= 0.3 is 5.97 Å². The first-order valence-corrected chi connectivity index (χ1v) is 14.5. The molecule has 1 aliphatic carbocycles. The van der Waals surface area contributed by atoms with Gasteiger partial charge in [-0.1, -0.05) is 24.3 Å². The molecule has 1 atom stereocenters. The minimum Gasteiger partial charge on any atom is -0.489 e. The van der Waals surface area contributed by atoms with Crippen molar-refractivity contribution in [3.05, 3.63) is 77.4 Å². The van der Waals surface area contributed by atoms with Crippen LogP contribution in [0.1, 0.15) is 47.5 Å². The number of carboxylic acids is 1. The third kappa shape index (κ3) is 5.70. The van der Waals surface area contributed by atoms with Crippen LogP contribution in [0.5, 0.6) is 5.75 Å². The second kappa shape index (κ2) is 11.8. The van der Waals surface area contributed by atoms with Gasteiger partial charge in [0.1, 0.15) is 18.6 Å². The summed E-state index contributed by atoms with van der Waals surface area (Å²) in [5, 5.41) is 21.7. The molecule has 1 aliphatic heterocycles. The van der Waals surface area contributed by atoms with Crippen LogP contribution in [0.2, 0.25) is 0 Å². The Morgan fingerprint density at radius 2 is 1.92 bits per heavy atom. The van der Waals surface area contributed by atoms with Crippen molar-refractivity contribution in [1.29, 1.82) is 0 Å². The second-order valence-corrected chi connectivity index (χ2v) is 11.6. The van der Waals surface area contributed by atoms with Gasteiger partial charge < -0.3 is 19.5 Å². The van der Waals surface area contributed by atoms with Crippen LogP contribution in [0.3, 0.4) is 0 Å². The zero-order chi connectivity index (χ0) is 26.6. The van der Waals surface area contributed by atoms with Crippen molar-refractivity contribution >= 4 is 28.6 Å². The number of rotatable bonds is 9. The highest BCUT2D eigenvalue weighted by Crippen LogP contribution is 2.44. The molecule has 0 saturated carbocycles. The number of aromatic nitrogens is 1. The lowest BCUT2D eigenvalue weighted by Crippen LogP contribution is -2.32. The highest BCUT2D eigenvalue weighted by Gasteiger charge is 2.28. The number of thioether (sulfide) groups is 1. The van der Waals surface area contributed by atoms with Crippen molar-refractivity contribution in [2.45, 2.75) is 44.4 Å². The maximum absolute atomic E-state index is 11.9. The molecule has 2 aromatic carbocycles. The molecule has 200 valence electrons. The standard InChI is InChI=1S/C31H36N2O4S/c1-32(2)28(34)19-33-27-18-24(31(35)36)10-13-26(27)29(22-14-16-38-17-15-22)30(33)23-8-11-25(12-9-23)37-20-21-6-4-3-5-7-21/h3-4,6,8-13,18,22,28,34H,5,7,14-17,19-20H2,1-2H3,(H,35,36). The topological polar surface area (TPSA) is 74.9 Å². The van der Waals surface area contributed by atoms with Gasteiger partial charge in [-0.05, 0) is 110 Å². The molecule has 0 bridgehead atoms. The van der Waals surface area contributed by atoms with Crippen LogP contribution in [0.4, 0.5) is 0 Å². The third-order valence-electron chi connectivity index (χ3n) is 7.57. The summed E-state index contributed by atoms with van der Waals surface area (Å²) in [5.74, 6) is 2.48. The highest BCUT2D eigenvalue weighted by atomic mass is 32.2. The van der Waals surface area contributed by atoms with Crippen molar-refractivity contribution in [1.82, 2.24) is 9.47 Å². The Morgan fingerprint density at radius 1 is 1.16 bits per heavy atom. The van der Waals surface area contributed by atoms with Crippen LogP contribution in [-0.4, -0.2) is 64.1 Å². The number of ether oxygens (including phenoxy) is 1. The van der Waals surface area contributed by atoms with E-state index in [0.29, 0.717) is 19.1 Å². The van der Waals surface area contributed by atoms with Gasteiger partial charge in [0, 0.05) is 10.9 Å². The van der Waals surface area contributed by atoms with Crippen molar-refractivity contribution in [2.75, 3.05) is 32.2 Å². The van der Waals surface area contributed by atoms with Crippen LogP contribution in [0, 0.1) is 0 Å². The first-order valence-electron chi connectivity index (χ1n) is 13.3. The summed E-state index contributed by atoms with van der Waals surface area (Å²) >= 11 is 1.99. The number of benzene rings is 2. The molecule has 0 amide bonds. The number of fused-ring (bicyclic) bond motifs is 1. The Kier molecular flexibility index (Phi) is 8.27. The SMILES string of the molecule is CN(C)C(O)Cn1c(-c2ccc(OCC3=CC=CCC3)cc2)c(C2CCSCC2)c2ccc(C(=O)O)cc21. The largest absolute Gasteiger partial charge is 0.489 e. The van der Waals surface area contributed by atoms with Crippen LogP contribution in [-0.2, 0) is 6.54 Å². The molecule has 2 heterocycles. The van der Waals surface area contributed by atoms with E-state index in [9.17, 15) is 15.0 Å². The van der Waals surface area contributed by atoms with Gasteiger partial charge in [-0.25, -0.2) is 4.79 Å². The first-order chi connectivity index (χ1) is 18.4. The van der Waals surface area contributed by atoms with E-state index in [0.717, 1.165) is 65.1 Å². The summed E-state index contributed by atoms with van der Waals surface area (Å²) in [4.78, 5) is 13.6. The molecule has 3 aromatic rings. The third-order valence-corrected chi connectivity index (χ3v) is 8.62. The molecule has 0 radical (unpaired) electrons. The number of hydrogen-bond donors (Lipinski definition) is 2. The van der Waals surface area contributed by atoms with Crippen molar-refractivity contribution in [3.8, 4) is 17.0 Å². The smallest absolute Gasteiger partial charge is 0.335 e. The average Bonchev–Trinajstić information content (AvgIpc) is 3.26. The molecule has 38 heavy (non-hydrogen) atoms. The fourth-order valence-corrected chi connectivity index (χ4v) is 6.50. The van der Waals surface area contributed by atoms with Crippen LogP contribution in [0.25, 0.3) is 22.2 Å². The summed E-state index contributed by atoms with van der Waals surface area (Å²) in [6, 6.07) is 13.6. The molecule has 1 unspecified atom stereocenters. The predicted octanol–water partition coefficient (Wildman–Crippen LogP) is 6.15. The summed E-state index contributed by atoms with van der Waals surface area (Å²) in [6.07, 6.45) is 9.94. The van der Waals surface area contributed by atoms with Gasteiger partial charge in [0.05, 0.1) is 17.8 Å². The normalized spacial score (nSPS) is 17.1. The van der Waals surface area contributed by atoms with Gasteiger partial charge in [-0.2, -0.15) is 11.8 Å². The average molecular weight is 533 g/mol. The fraction of sp³-hybridized carbons (Fsp3) is 0.387. The molecule has 2 aliphatic rings. The molecule has 6 nitrogen and oxygen atoms in total. The van der Waals surface area contributed by atoms with E-state index < -0.39 is 12.2 Å². The number of allylic oxidation sites excluding steroid dienone is 3. The number of nitrogens with zero attached hydrogens (tertiary/aromatic N) is 2. The first kappa shape index (κ1) is 26.6. The molecule has 0 spiro atoms. The number of carboxylic acid groups (broad SMARTS) is 1. The quantitative estimate of drug-likeness (QED) is 0.322. The van der Waals surface area contributed by atoms with E-state index in [1.54, 1.807) is 17.0 Å². The van der Waals surface area contributed by atoms with E-state index in [1.807, 2.05) is 44.1 Å². The fourth-order valence-electron chi connectivity index (χ4n) is 5.39. The number of hydrogen-bond acceptors (Lipinski definition) is 5. The molecule has 5 rings (SSSR count). The molecule has 1 aromatic heterocycles. The van der Waals surface area contributed by atoms with Gasteiger partial charge in [0.25, 0.3) is 0 Å². The predicted molar refractivity (Wildman–Crippen MR) is 155 cm³/mol. The van der Waals surface area contributed by atoms with E-state index >= 15 is 0 Å². The Labute approximate surface area is 228 Å². The Bertz CT molecular complexity index is 1350. The van der Waals surface area contributed by atoms with Gasteiger partial charge in [0.2, 0.25) is 0 Å². The Morgan fingerprint density at radius 3 is 2.58 bits per heavy atom. The number of carbonyl (C=O) groups is 1. The van der Waals surface area contributed by atoms with Crippen molar-refractivity contribution in [2.24, 2.45) is 0 Å². The van der Waals surface area contributed by atoms with Gasteiger partial charge in [0.15, 0.2) is 0 Å². The molecular weight excluding hydrogens is 496 g/mol. The lowest BCUT2D eigenvalue weighted by atomic mass is 9.89. The zero-order valence-corrected chi connectivity index (χ0v) is 22.9. The second-order valence-electron chi connectivity index (χ2n) is 10.3. The Balaban J connectivity index is 1.60. The monoisotopic (exact) mass is 532 g/mol. The van der Waals surface area contributed by atoms with Gasteiger partial charge in [-0.15, -0.1) is 0 Å². The summed E-state index contributed by atoms with van der Waals surface area (Å²) in [5.41, 5.74) is 5.77. The molecule has 1 fully saturated rings. The minimum atomic E-state index is -0.949. The molecule has 1 saturated heterocycles. The van der Waals surface area contributed by atoms with Crippen LogP contribution >= 0.6 is 11.8 Å². The van der Waals surface area contributed by atoms with Crippen molar-refractivity contribution in [3.63, 3.8) is 0 Å². The lowest BCUT2D eigenvalue weighted by molar-refractivity contribution is 0.0273. The number of aliphatic hydroxyl groups excluding tert-OH is 1. The Hall–Kier alpha value is -3.00. The minimum absolute atomic E-state index is 0.253. The lowest BCUT2D eigenvalue weighted by Gasteiger charge is -2.25. The van der Waals surface area contributed by atoms with E-state index in [2.05, 4.69) is 34.9 Å². The number of aromatic carboxylic acids is 1. The summed E-state index contributed by atoms with van der Waals surface area (Å²) in [6.45, 7) is 0.922. The zero-order valence-electron chi connectivity index (χ0n) is 22.1.